The van der Waals surface area contributed by atoms with Gasteiger partial charge in [0, 0.05) is 12.2 Å². The summed E-state index contributed by atoms with van der Waals surface area (Å²) in [5.41, 5.74) is 7.16. The highest BCUT2D eigenvalue weighted by molar-refractivity contribution is 5.55. The van der Waals surface area contributed by atoms with Crippen molar-refractivity contribution < 1.29 is 17.9 Å². The van der Waals surface area contributed by atoms with Crippen molar-refractivity contribution >= 4 is 11.4 Å². The minimum Gasteiger partial charge on any atom is -0.495 e. The van der Waals surface area contributed by atoms with Crippen LogP contribution >= 0.6 is 0 Å². The monoisotopic (exact) mass is 296 g/mol. The molecule has 2 rings (SSSR count). The first kappa shape index (κ1) is 15.0. The van der Waals surface area contributed by atoms with Crippen LogP contribution in [0.3, 0.4) is 0 Å². The Hall–Kier alpha value is -2.37. The van der Waals surface area contributed by atoms with Gasteiger partial charge in [-0.3, -0.25) is 0 Å². The Morgan fingerprint density at radius 2 is 1.76 bits per heavy atom. The molecule has 0 spiro atoms. The van der Waals surface area contributed by atoms with Crippen molar-refractivity contribution in [3.05, 3.63) is 53.6 Å². The lowest BCUT2D eigenvalue weighted by Crippen LogP contribution is -2.05. The number of anilines is 2. The zero-order valence-electron chi connectivity index (χ0n) is 11.4. The molecule has 0 saturated carbocycles. The van der Waals surface area contributed by atoms with Crippen LogP contribution in [-0.4, -0.2) is 7.11 Å². The van der Waals surface area contributed by atoms with Crippen LogP contribution in [-0.2, 0) is 12.7 Å². The smallest absolute Gasteiger partial charge is 0.416 e. The number of halogens is 3. The largest absolute Gasteiger partial charge is 0.495 e. The van der Waals surface area contributed by atoms with Gasteiger partial charge >= 0.3 is 6.18 Å². The van der Waals surface area contributed by atoms with Gasteiger partial charge in [0.1, 0.15) is 5.75 Å². The van der Waals surface area contributed by atoms with E-state index in [0.717, 1.165) is 17.7 Å². The van der Waals surface area contributed by atoms with Crippen LogP contribution in [0.1, 0.15) is 11.1 Å². The maximum atomic E-state index is 12.4. The summed E-state index contributed by atoms with van der Waals surface area (Å²) in [5, 5.41) is 3.04. The first-order chi connectivity index (χ1) is 9.90. The first-order valence-corrected chi connectivity index (χ1v) is 6.23. The van der Waals surface area contributed by atoms with E-state index in [1.54, 1.807) is 12.1 Å². The molecule has 0 aliphatic rings. The standard InChI is InChI=1S/C15H15F3N2O/c1-21-14-7-2-10(8-13(14)19)9-20-12-5-3-11(4-6-12)15(16,17)18/h2-8,20H,9,19H2,1H3. The molecule has 0 bridgehead atoms. The second-order valence-corrected chi connectivity index (χ2v) is 4.50. The molecule has 21 heavy (non-hydrogen) atoms. The van der Waals surface area contributed by atoms with Crippen LogP contribution in [0.2, 0.25) is 0 Å². The molecule has 0 fully saturated rings. The van der Waals surface area contributed by atoms with Gasteiger partial charge in [-0.2, -0.15) is 13.2 Å². The molecule has 0 radical (unpaired) electrons. The van der Waals surface area contributed by atoms with E-state index in [2.05, 4.69) is 5.32 Å². The quantitative estimate of drug-likeness (QED) is 0.841. The molecular weight excluding hydrogens is 281 g/mol. The predicted octanol–water partition coefficient (Wildman–Crippen LogP) is 3.91. The molecule has 2 aromatic carbocycles. The Morgan fingerprint density at radius 3 is 2.29 bits per heavy atom. The Kier molecular flexibility index (Phi) is 4.26. The van der Waals surface area contributed by atoms with Gasteiger partial charge in [0.25, 0.3) is 0 Å². The summed E-state index contributed by atoms with van der Waals surface area (Å²) in [6, 6.07) is 10.2. The summed E-state index contributed by atoms with van der Waals surface area (Å²) in [6.07, 6.45) is -4.32. The number of benzene rings is 2. The molecule has 0 unspecified atom stereocenters. The van der Waals surface area contributed by atoms with Crippen molar-refractivity contribution in [1.29, 1.82) is 0 Å². The minimum absolute atomic E-state index is 0.458. The van der Waals surface area contributed by atoms with Gasteiger partial charge in [0.2, 0.25) is 0 Å². The van der Waals surface area contributed by atoms with E-state index in [0.29, 0.717) is 23.7 Å². The van der Waals surface area contributed by atoms with E-state index in [1.165, 1.54) is 19.2 Å². The molecule has 0 aliphatic carbocycles. The van der Waals surface area contributed by atoms with E-state index in [-0.39, 0.29) is 0 Å². The summed E-state index contributed by atoms with van der Waals surface area (Å²) in [4.78, 5) is 0. The Labute approximate surface area is 120 Å². The molecule has 112 valence electrons. The highest BCUT2D eigenvalue weighted by Gasteiger charge is 2.29. The van der Waals surface area contributed by atoms with Gasteiger partial charge in [-0.15, -0.1) is 0 Å². The maximum absolute atomic E-state index is 12.4. The van der Waals surface area contributed by atoms with Gasteiger partial charge in [0.15, 0.2) is 0 Å². The Balaban J connectivity index is 2.01. The number of hydrogen-bond acceptors (Lipinski definition) is 3. The fourth-order valence-electron chi connectivity index (χ4n) is 1.87. The van der Waals surface area contributed by atoms with Crippen molar-refractivity contribution in [3.63, 3.8) is 0 Å². The number of alkyl halides is 3. The van der Waals surface area contributed by atoms with Crippen molar-refractivity contribution in [2.45, 2.75) is 12.7 Å². The van der Waals surface area contributed by atoms with Crippen molar-refractivity contribution in [1.82, 2.24) is 0 Å². The third-order valence-corrected chi connectivity index (χ3v) is 3.00. The zero-order chi connectivity index (χ0) is 15.5. The van der Waals surface area contributed by atoms with E-state index in [1.807, 2.05) is 6.07 Å². The predicted molar refractivity (Wildman–Crippen MR) is 76.2 cm³/mol. The second kappa shape index (κ2) is 5.95. The molecule has 0 atom stereocenters. The number of nitrogen functional groups attached to an aromatic ring is 1. The topological polar surface area (TPSA) is 47.3 Å². The van der Waals surface area contributed by atoms with E-state index < -0.39 is 11.7 Å². The fraction of sp³-hybridized carbons (Fsp3) is 0.200. The molecule has 0 saturated heterocycles. The second-order valence-electron chi connectivity index (χ2n) is 4.50. The van der Waals surface area contributed by atoms with Gasteiger partial charge in [-0.05, 0) is 42.0 Å². The van der Waals surface area contributed by atoms with Crippen LogP contribution < -0.4 is 15.8 Å². The van der Waals surface area contributed by atoms with Gasteiger partial charge < -0.3 is 15.8 Å². The number of rotatable bonds is 4. The molecule has 3 N–H and O–H groups in total. The van der Waals surface area contributed by atoms with Crippen molar-refractivity contribution in [3.8, 4) is 5.75 Å². The number of ether oxygens (including phenoxy) is 1. The SMILES string of the molecule is COc1ccc(CNc2ccc(C(F)(F)F)cc2)cc1N. The van der Waals surface area contributed by atoms with Crippen molar-refractivity contribution in [2.24, 2.45) is 0 Å². The van der Waals surface area contributed by atoms with Crippen LogP contribution in [0.15, 0.2) is 42.5 Å². The van der Waals surface area contributed by atoms with Gasteiger partial charge in [0.05, 0.1) is 18.4 Å². The van der Waals surface area contributed by atoms with Gasteiger partial charge in [-0.25, -0.2) is 0 Å². The lowest BCUT2D eigenvalue weighted by Gasteiger charge is -2.11. The molecule has 0 aromatic heterocycles. The fourth-order valence-corrected chi connectivity index (χ4v) is 1.87. The van der Waals surface area contributed by atoms with E-state index in [9.17, 15) is 13.2 Å². The summed E-state index contributed by atoms with van der Waals surface area (Å²) in [6.45, 7) is 0.458. The number of methoxy groups -OCH3 is 1. The van der Waals surface area contributed by atoms with Crippen LogP contribution in [0.25, 0.3) is 0 Å². The third kappa shape index (κ3) is 3.81. The average Bonchev–Trinajstić information content (AvgIpc) is 2.45. The van der Waals surface area contributed by atoms with Crippen LogP contribution in [0.5, 0.6) is 5.75 Å². The van der Waals surface area contributed by atoms with Gasteiger partial charge in [-0.1, -0.05) is 6.07 Å². The molecule has 0 heterocycles. The Morgan fingerprint density at radius 1 is 1.10 bits per heavy atom. The molecule has 2 aromatic rings. The van der Waals surface area contributed by atoms with Crippen LogP contribution in [0, 0.1) is 0 Å². The number of nitrogens with two attached hydrogens (primary N) is 1. The molecule has 0 aliphatic heterocycles. The first-order valence-electron chi connectivity index (χ1n) is 6.23. The molecular formula is C15H15F3N2O. The normalized spacial score (nSPS) is 11.2. The maximum Gasteiger partial charge on any atom is 0.416 e. The lowest BCUT2D eigenvalue weighted by atomic mass is 10.1. The summed E-state index contributed by atoms with van der Waals surface area (Å²) >= 11 is 0. The van der Waals surface area contributed by atoms with E-state index >= 15 is 0 Å². The summed E-state index contributed by atoms with van der Waals surface area (Å²) in [5.74, 6) is 0.591. The number of nitrogens with one attached hydrogen (secondary N) is 1. The van der Waals surface area contributed by atoms with E-state index in [4.69, 9.17) is 10.5 Å². The highest BCUT2D eigenvalue weighted by atomic mass is 19.4. The van der Waals surface area contributed by atoms with Crippen LogP contribution in [0.4, 0.5) is 24.5 Å². The molecule has 3 nitrogen and oxygen atoms in total. The summed E-state index contributed by atoms with van der Waals surface area (Å²) in [7, 11) is 1.53. The zero-order valence-corrected chi connectivity index (χ0v) is 11.4. The summed E-state index contributed by atoms with van der Waals surface area (Å²) < 4.78 is 42.4. The number of hydrogen-bond donors (Lipinski definition) is 2. The minimum atomic E-state index is -4.32. The molecule has 6 heteroatoms. The average molecular weight is 296 g/mol. The molecule has 0 amide bonds. The van der Waals surface area contributed by atoms with Crippen molar-refractivity contribution in [2.75, 3.05) is 18.2 Å². The third-order valence-electron chi connectivity index (χ3n) is 3.00. The highest BCUT2D eigenvalue weighted by Crippen LogP contribution is 2.30. The Bertz CT molecular complexity index is 609. The lowest BCUT2D eigenvalue weighted by molar-refractivity contribution is -0.137.